The number of rotatable bonds is 4. The Morgan fingerprint density at radius 2 is 1.90 bits per heavy atom. The smallest absolute Gasteiger partial charge is 0.224 e. The summed E-state index contributed by atoms with van der Waals surface area (Å²) < 4.78 is 0. The van der Waals surface area contributed by atoms with Crippen LogP contribution in [-0.4, -0.2) is 42.4 Å². The molecule has 0 spiro atoms. The summed E-state index contributed by atoms with van der Waals surface area (Å²) in [5.41, 5.74) is 5.98. The van der Waals surface area contributed by atoms with Crippen LogP contribution in [-0.2, 0) is 9.59 Å². The lowest BCUT2D eigenvalue weighted by molar-refractivity contribution is -0.132. The summed E-state index contributed by atoms with van der Waals surface area (Å²) in [6.45, 7) is 4.34. The molecule has 2 rings (SSSR count). The van der Waals surface area contributed by atoms with E-state index in [-0.39, 0.29) is 23.8 Å². The maximum atomic E-state index is 12.1. The Balaban J connectivity index is 1.66. The van der Waals surface area contributed by atoms with E-state index in [9.17, 15) is 9.59 Å². The molecule has 3 N–H and O–H groups in total. The largest absolute Gasteiger partial charge is 0.355 e. The highest BCUT2D eigenvalue weighted by Crippen LogP contribution is 2.27. The minimum atomic E-state index is 0.0740. The van der Waals surface area contributed by atoms with Crippen LogP contribution >= 0.6 is 0 Å². The number of carbonyl (C=O) groups is 2. The fourth-order valence-electron chi connectivity index (χ4n) is 3.40. The fourth-order valence-corrected chi connectivity index (χ4v) is 3.40. The molecule has 3 atom stereocenters. The van der Waals surface area contributed by atoms with Gasteiger partial charge >= 0.3 is 0 Å². The molecule has 2 aliphatic rings. The van der Waals surface area contributed by atoms with Crippen LogP contribution in [0.1, 0.15) is 51.9 Å². The number of likely N-dealkylation sites (tertiary alicyclic amines) is 1. The van der Waals surface area contributed by atoms with Crippen molar-refractivity contribution in [2.24, 2.45) is 17.6 Å². The Labute approximate surface area is 127 Å². The minimum absolute atomic E-state index is 0.0740. The Kier molecular flexibility index (Phi) is 6.03. The van der Waals surface area contributed by atoms with E-state index < -0.39 is 0 Å². The van der Waals surface area contributed by atoms with Gasteiger partial charge in [0.2, 0.25) is 11.8 Å². The van der Waals surface area contributed by atoms with Crippen molar-refractivity contribution in [3.63, 3.8) is 0 Å². The van der Waals surface area contributed by atoms with Gasteiger partial charge in [-0.05, 0) is 44.4 Å². The average molecular weight is 295 g/mol. The van der Waals surface area contributed by atoms with Crippen LogP contribution in [0.25, 0.3) is 0 Å². The van der Waals surface area contributed by atoms with Crippen LogP contribution in [0.2, 0.25) is 0 Å². The van der Waals surface area contributed by atoms with Gasteiger partial charge in [-0.2, -0.15) is 0 Å². The number of hydrogen-bond acceptors (Lipinski definition) is 3. The summed E-state index contributed by atoms with van der Waals surface area (Å²) >= 11 is 0. The molecule has 0 aromatic rings. The van der Waals surface area contributed by atoms with Crippen molar-refractivity contribution in [2.45, 2.75) is 57.9 Å². The molecule has 3 unspecified atom stereocenters. The second-order valence-corrected chi connectivity index (χ2v) is 6.63. The quantitative estimate of drug-likeness (QED) is 0.820. The summed E-state index contributed by atoms with van der Waals surface area (Å²) in [4.78, 5) is 26.1. The third-order valence-corrected chi connectivity index (χ3v) is 4.95. The van der Waals surface area contributed by atoms with E-state index in [1.165, 1.54) is 6.42 Å². The Morgan fingerprint density at radius 1 is 1.19 bits per heavy atom. The number of amides is 2. The molecule has 2 fully saturated rings. The maximum absolute atomic E-state index is 12.1. The van der Waals surface area contributed by atoms with Crippen molar-refractivity contribution < 1.29 is 9.59 Å². The zero-order valence-corrected chi connectivity index (χ0v) is 13.1. The standard InChI is InChI=1S/C16H29N3O2/c1-12-11-13(5-6-14(12)17)16(21)18-8-7-15(20)19-9-3-2-4-10-19/h12-14H,2-11,17H2,1H3,(H,18,21). The Hall–Kier alpha value is -1.10. The second kappa shape index (κ2) is 7.78. The average Bonchev–Trinajstić information content (AvgIpc) is 2.50. The van der Waals surface area contributed by atoms with Crippen LogP contribution < -0.4 is 11.1 Å². The van der Waals surface area contributed by atoms with Crippen LogP contribution in [0, 0.1) is 11.8 Å². The summed E-state index contributed by atoms with van der Waals surface area (Å²) in [5, 5.41) is 2.93. The molecule has 0 bridgehead atoms. The highest BCUT2D eigenvalue weighted by molar-refractivity contribution is 5.80. The highest BCUT2D eigenvalue weighted by atomic mass is 16.2. The lowest BCUT2D eigenvalue weighted by Crippen LogP contribution is -2.42. The van der Waals surface area contributed by atoms with Gasteiger partial charge < -0.3 is 16.0 Å². The van der Waals surface area contributed by atoms with Gasteiger partial charge in [0.25, 0.3) is 0 Å². The Bertz CT molecular complexity index is 367. The molecular formula is C16H29N3O2. The van der Waals surface area contributed by atoms with Crippen molar-refractivity contribution in [3.8, 4) is 0 Å². The fraction of sp³-hybridized carbons (Fsp3) is 0.875. The van der Waals surface area contributed by atoms with Gasteiger partial charge in [-0.3, -0.25) is 9.59 Å². The lowest BCUT2D eigenvalue weighted by atomic mass is 9.79. The number of hydrogen-bond donors (Lipinski definition) is 2. The predicted octanol–water partition coefficient (Wildman–Crippen LogP) is 1.27. The topological polar surface area (TPSA) is 75.4 Å². The monoisotopic (exact) mass is 295 g/mol. The van der Waals surface area contributed by atoms with Crippen LogP contribution in [0.3, 0.4) is 0 Å². The molecule has 1 aliphatic carbocycles. The highest BCUT2D eigenvalue weighted by Gasteiger charge is 2.29. The van der Waals surface area contributed by atoms with Gasteiger partial charge in [0.15, 0.2) is 0 Å². The van der Waals surface area contributed by atoms with Crippen LogP contribution in [0.4, 0.5) is 0 Å². The summed E-state index contributed by atoms with van der Waals surface area (Å²) in [5.74, 6) is 0.753. The molecule has 5 nitrogen and oxygen atoms in total. The number of nitrogens with two attached hydrogens (primary N) is 1. The molecule has 21 heavy (non-hydrogen) atoms. The second-order valence-electron chi connectivity index (χ2n) is 6.63. The van der Waals surface area contributed by atoms with E-state index in [0.29, 0.717) is 18.9 Å². The maximum Gasteiger partial charge on any atom is 0.224 e. The van der Waals surface area contributed by atoms with Gasteiger partial charge in [0, 0.05) is 38.0 Å². The molecule has 1 aliphatic heterocycles. The normalized spacial score (nSPS) is 30.0. The molecule has 0 aromatic carbocycles. The van der Waals surface area contributed by atoms with Crippen molar-refractivity contribution in [3.05, 3.63) is 0 Å². The number of nitrogens with one attached hydrogen (secondary N) is 1. The summed E-state index contributed by atoms with van der Waals surface area (Å²) in [6.07, 6.45) is 6.53. The van der Waals surface area contributed by atoms with E-state index in [2.05, 4.69) is 12.2 Å². The molecule has 120 valence electrons. The van der Waals surface area contributed by atoms with E-state index in [0.717, 1.165) is 45.2 Å². The number of piperidine rings is 1. The molecule has 1 heterocycles. The lowest BCUT2D eigenvalue weighted by Gasteiger charge is -2.31. The van der Waals surface area contributed by atoms with Crippen LogP contribution in [0.5, 0.6) is 0 Å². The molecule has 1 saturated carbocycles. The van der Waals surface area contributed by atoms with Gasteiger partial charge in [-0.15, -0.1) is 0 Å². The van der Waals surface area contributed by atoms with Crippen LogP contribution in [0.15, 0.2) is 0 Å². The van der Waals surface area contributed by atoms with Gasteiger partial charge in [0.1, 0.15) is 0 Å². The first kappa shape index (κ1) is 16.3. The van der Waals surface area contributed by atoms with E-state index in [1.807, 2.05) is 4.90 Å². The van der Waals surface area contributed by atoms with Crippen molar-refractivity contribution in [1.29, 1.82) is 0 Å². The first-order valence-electron chi connectivity index (χ1n) is 8.39. The third-order valence-electron chi connectivity index (χ3n) is 4.95. The first-order valence-corrected chi connectivity index (χ1v) is 8.39. The zero-order chi connectivity index (χ0) is 15.2. The SMILES string of the molecule is CC1CC(C(=O)NCCC(=O)N2CCCCC2)CCC1N. The molecule has 0 radical (unpaired) electrons. The molecule has 1 saturated heterocycles. The van der Waals surface area contributed by atoms with Gasteiger partial charge in [0.05, 0.1) is 0 Å². The number of nitrogens with zero attached hydrogens (tertiary/aromatic N) is 1. The molecule has 5 heteroatoms. The van der Waals surface area contributed by atoms with E-state index >= 15 is 0 Å². The molecule has 2 amide bonds. The minimum Gasteiger partial charge on any atom is -0.355 e. The van der Waals surface area contributed by atoms with E-state index in [1.54, 1.807) is 0 Å². The molecule has 0 aromatic heterocycles. The van der Waals surface area contributed by atoms with Crippen molar-refractivity contribution in [2.75, 3.05) is 19.6 Å². The van der Waals surface area contributed by atoms with Gasteiger partial charge in [-0.1, -0.05) is 6.92 Å². The van der Waals surface area contributed by atoms with Crippen molar-refractivity contribution in [1.82, 2.24) is 10.2 Å². The van der Waals surface area contributed by atoms with Gasteiger partial charge in [-0.25, -0.2) is 0 Å². The molecular weight excluding hydrogens is 266 g/mol. The predicted molar refractivity (Wildman–Crippen MR) is 82.5 cm³/mol. The van der Waals surface area contributed by atoms with E-state index in [4.69, 9.17) is 5.73 Å². The third kappa shape index (κ3) is 4.70. The van der Waals surface area contributed by atoms with Crippen molar-refractivity contribution >= 4 is 11.8 Å². The first-order chi connectivity index (χ1) is 10.1. The number of carbonyl (C=O) groups excluding carboxylic acids is 2. The zero-order valence-electron chi connectivity index (χ0n) is 13.1. The summed E-state index contributed by atoms with van der Waals surface area (Å²) in [6, 6.07) is 0.231. The summed E-state index contributed by atoms with van der Waals surface area (Å²) in [7, 11) is 0. The Morgan fingerprint density at radius 3 is 2.57 bits per heavy atom.